The highest BCUT2D eigenvalue weighted by Crippen LogP contribution is 2.40. The largest absolute Gasteiger partial charge is 0.508 e. The Hall–Kier alpha value is -1.02. The molecular weight excluding hydrogens is 222 g/mol. The summed E-state index contributed by atoms with van der Waals surface area (Å²) in [6, 6.07) is 8.99. The average Bonchev–Trinajstić information content (AvgIpc) is 2.86. The quantitative estimate of drug-likeness (QED) is 0.858. The first-order valence-corrected chi connectivity index (χ1v) is 7.30. The Morgan fingerprint density at radius 2 is 2.06 bits per heavy atom. The van der Waals surface area contributed by atoms with Gasteiger partial charge >= 0.3 is 0 Å². The van der Waals surface area contributed by atoms with Gasteiger partial charge in [0, 0.05) is 12.1 Å². The van der Waals surface area contributed by atoms with Crippen LogP contribution >= 0.6 is 0 Å². The highest BCUT2D eigenvalue weighted by Gasteiger charge is 2.37. The van der Waals surface area contributed by atoms with Crippen LogP contribution in [0.2, 0.25) is 0 Å². The summed E-state index contributed by atoms with van der Waals surface area (Å²) < 4.78 is 0. The number of benzene rings is 1. The van der Waals surface area contributed by atoms with Crippen LogP contribution in [0.4, 0.5) is 0 Å². The van der Waals surface area contributed by atoms with Crippen molar-refractivity contribution < 1.29 is 5.11 Å². The maximum atomic E-state index is 9.63. The molecule has 2 heteroatoms. The predicted molar refractivity (Wildman–Crippen MR) is 73.6 cm³/mol. The summed E-state index contributed by atoms with van der Waals surface area (Å²) in [6.07, 6.45) is 6.96. The van der Waals surface area contributed by atoms with E-state index in [-0.39, 0.29) is 0 Å². The van der Waals surface area contributed by atoms with Gasteiger partial charge in [0.2, 0.25) is 0 Å². The average molecular weight is 245 g/mol. The smallest absolute Gasteiger partial charge is 0.115 e. The van der Waals surface area contributed by atoms with Crippen LogP contribution in [0.3, 0.4) is 0 Å². The highest BCUT2D eigenvalue weighted by molar-refractivity contribution is 5.29. The molecule has 2 fully saturated rings. The van der Waals surface area contributed by atoms with Crippen molar-refractivity contribution in [3.8, 4) is 5.75 Å². The van der Waals surface area contributed by atoms with Gasteiger partial charge < -0.3 is 5.11 Å². The lowest BCUT2D eigenvalue weighted by molar-refractivity contribution is 0.0744. The second kappa shape index (κ2) is 4.93. The van der Waals surface area contributed by atoms with E-state index in [0.29, 0.717) is 11.8 Å². The molecule has 1 aliphatic carbocycles. The third-order valence-corrected chi connectivity index (χ3v) is 4.89. The molecule has 0 radical (unpaired) electrons. The van der Waals surface area contributed by atoms with Crippen LogP contribution in [-0.2, 0) is 0 Å². The molecular formula is C16H23NO. The van der Waals surface area contributed by atoms with Crippen LogP contribution in [-0.4, -0.2) is 22.6 Å². The number of hydrogen-bond acceptors (Lipinski definition) is 2. The summed E-state index contributed by atoms with van der Waals surface area (Å²) in [5.41, 5.74) is 1.25. The van der Waals surface area contributed by atoms with Crippen molar-refractivity contribution >= 4 is 0 Å². The molecule has 0 amide bonds. The van der Waals surface area contributed by atoms with E-state index in [1.165, 1.54) is 44.2 Å². The summed E-state index contributed by atoms with van der Waals surface area (Å²) in [6.45, 7) is 3.51. The van der Waals surface area contributed by atoms with Crippen molar-refractivity contribution in [2.75, 3.05) is 6.54 Å². The third kappa shape index (κ3) is 2.14. The maximum Gasteiger partial charge on any atom is 0.115 e. The normalized spacial score (nSPS) is 30.1. The first kappa shape index (κ1) is 12.0. The number of rotatable bonds is 2. The fraction of sp³-hybridized carbons (Fsp3) is 0.625. The van der Waals surface area contributed by atoms with Gasteiger partial charge in [-0.05, 0) is 62.8 Å². The van der Waals surface area contributed by atoms with Crippen molar-refractivity contribution in [1.29, 1.82) is 0 Å². The van der Waals surface area contributed by atoms with Gasteiger partial charge in [-0.1, -0.05) is 18.6 Å². The number of likely N-dealkylation sites (tertiary alicyclic amines) is 1. The number of hydrogen-bond donors (Lipinski definition) is 1. The Labute approximate surface area is 110 Å². The van der Waals surface area contributed by atoms with Crippen LogP contribution in [0.5, 0.6) is 5.75 Å². The lowest BCUT2D eigenvalue weighted by Gasteiger charge is -2.41. The summed E-state index contributed by atoms with van der Waals surface area (Å²) >= 11 is 0. The van der Waals surface area contributed by atoms with Crippen molar-refractivity contribution in [3.05, 3.63) is 29.8 Å². The highest BCUT2D eigenvalue weighted by atomic mass is 16.3. The van der Waals surface area contributed by atoms with E-state index in [1.54, 1.807) is 6.07 Å². The molecule has 1 aromatic carbocycles. The van der Waals surface area contributed by atoms with Gasteiger partial charge in [-0.15, -0.1) is 0 Å². The summed E-state index contributed by atoms with van der Waals surface area (Å²) in [7, 11) is 0. The first-order valence-electron chi connectivity index (χ1n) is 7.30. The zero-order chi connectivity index (χ0) is 12.5. The van der Waals surface area contributed by atoms with E-state index in [1.807, 2.05) is 12.1 Å². The second-order valence-corrected chi connectivity index (χ2v) is 5.91. The molecule has 1 saturated carbocycles. The number of nitrogens with zero attached hydrogens (tertiary/aromatic N) is 1. The minimum absolute atomic E-state index is 0.388. The van der Waals surface area contributed by atoms with Crippen molar-refractivity contribution in [2.45, 2.75) is 51.1 Å². The molecule has 1 aromatic rings. The molecule has 2 aliphatic rings. The molecule has 98 valence electrons. The molecule has 0 spiro atoms. The number of aromatic hydroxyl groups is 1. The summed E-state index contributed by atoms with van der Waals surface area (Å²) in [4.78, 5) is 2.68. The molecule has 0 aromatic heterocycles. The number of piperidine rings is 1. The minimum Gasteiger partial charge on any atom is -0.508 e. The van der Waals surface area contributed by atoms with Crippen LogP contribution in [0.1, 0.15) is 50.6 Å². The Balaban J connectivity index is 1.80. The predicted octanol–water partition coefficient (Wildman–Crippen LogP) is 3.72. The van der Waals surface area contributed by atoms with Crippen molar-refractivity contribution in [1.82, 2.24) is 4.90 Å². The monoisotopic (exact) mass is 245 g/mol. The fourth-order valence-electron chi connectivity index (χ4n) is 3.95. The minimum atomic E-state index is 0.388. The topological polar surface area (TPSA) is 23.5 Å². The molecule has 18 heavy (non-hydrogen) atoms. The second-order valence-electron chi connectivity index (χ2n) is 5.91. The SMILES string of the molecule is CC(c1cccc(O)c1)N1CCCC2CCCC21. The molecule has 2 nitrogen and oxygen atoms in total. The standard InChI is InChI=1S/C16H23NO/c1-12(14-6-2-8-15(18)11-14)17-10-4-7-13-5-3-9-16(13)17/h2,6,8,11-13,16,18H,3-5,7,9-10H2,1H3. The third-order valence-electron chi connectivity index (χ3n) is 4.89. The van der Waals surface area contributed by atoms with Crippen LogP contribution in [0, 0.1) is 5.92 Å². The lowest BCUT2D eigenvalue weighted by atomic mass is 9.89. The summed E-state index contributed by atoms with van der Waals surface area (Å²) in [5.74, 6) is 1.32. The molecule has 1 saturated heterocycles. The van der Waals surface area contributed by atoms with Gasteiger partial charge in [0.1, 0.15) is 5.75 Å². The summed E-state index contributed by atoms with van der Waals surface area (Å²) in [5, 5.41) is 9.63. The van der Waals surface area contributed by atoms with E-state index in [0.717, 1.165) is 12.0 Å². The zero-order valence-corrected chi connectivity index (χ0v) is 11.2. The van der Waals surface area contributed by atoms with Crippen LogP contribution < -0.4 is 0 Å². The molecule has 1 heterocycles. The molecule has 3 rings (SSSR count). The first-order chi connectivity index (χ1) is 8.75. The van der Waals surface area contributed by atoms with Gasteiger partial charge in [-0.25, -0.2) is 0 Å². The van der Waals surface area contributed by atoms with Gasteiger partial charge in [0.15, 0.2) is 0 Å². The Morgan fingerprint density at radius 1 is 1.22 bits per heavy atom. The number of phenolic OH excluding ortho intramolecular Hbond substituents is 1. The number of fused-ring (bicyclic) bond motifs is 1. The molecule has 1 N–H and O–H groups in total. The van der Waals surface area contributed by atoms with E-state index in [4.69, 9.17) is 0 Å². The zero-order valence-electron chi connectivity index (χ0n) is 11.2. The molecule has 3 atom stereocenters. The van der Waals surface area contributed by atoms with Crippen LogP contribution in [0.25, 0.3) is 0 Å². The van der Waals surface area contributed by atoms with Gasteiger partial charge in [-0.3, -0.25) is 4.90 Å². The Morgan fingerprint density at radius 3 is 2.89 bits per heavy atom. The molecule has 0 bridgehead atoms. The Kier molecular flexibility index (Phi) is 3.29. The lowest BCUT2D eigenvalue weighted by Crippen LogP contribution is -2.43. The molecule has 1 aliphatic heterocycles. The van der Waals surface area contributed by atoms with E-state index in [9.17, 15) is 5.11 Å². The molecule has 3 unspecified atom stereocenters. The van der Waals surface area contributed by atoms with Gasteiger partial charge in [0.05, 0.1) is 0 Å². The van der Waals surface area contributed by atoms with Crippen LogP contribution in [0.15, 0.2) is 24.3 Å². The van der Waals surface area contributed by atoms with Gasteiger partial charge in [0.25, 0.3) is 0 Å². The maximum absolute atomic E-state index is 9.63. The number of phenols is 1. The van der Waals surface area contributed by atoms with Gasteiger partial charge in [-0.2, -0.15) is 0 Å². The van der Waals surface area contributed by atoms with Crippen molar-refractivity contribution in [3.63, 3.8) is 0 Å². The van der Waals surface area contributed by atoms with E-state index >= 15 is 0 Å². The fourth-order valence-corrected chi connectivity index (χ4v) is 3.95. The Bertz CT molecular complexity index is 417. The van der Waals surface area contributed by atoms with Crippen molar-refractivity contribution in [2.24, 2.45) is 5.92 Å². The van der Waals surface area contributed by atoms with E-state index in [2.05, 4.69) is 17.9 Å². The van der Waals surface area contributed by atoms with E-state index < -0.39 is 0 Å².